The number of aromatic carboxylic acids is 1. The summed E-state index contributed by atoms with van der Waals surface area (Å²) in [5.74, 6) is -0.927. The van der Waals surface area contributed by atoms with Crippen LogP contribution in [0.25, 0.3) is 0 Å². The van der Waals surface area contributed by atoms with Gasteiger partial charge in [-0.1, -0.05) is 0 Å². The van der Waals surface area contributed by atoms with Crippen LogP contribution in [0.5, 0.6) is 0 Å². The summed E-state index contributed by atoms with van der Waals surface area (Å²) in [7, 11) is 0. The Balaban J connectivity index is 2.58. The van der Waals surface area contributed by atoms with Crippen LogP contribution in [0.4, 0.5) is 5.69 Å². The molecule has 0 aliphatic rings. The second-order valence-electron chi connectivity index (χ2n) is 4.01. The summed E-state index contributed by atoms with van der Waals surface area (Å²) in [5, 5.41) is 21.1. The largest absolute Gasteiger partial charge is 0.478 e. The fourth-order valence-corrected chi connectivity index (χ4v) is 1.56. The molecule has 1 aromatic carbocycles. The molecule has 0 fully saturated rings. The van der Waals surface area contributed by atoms with Gasteiger partial charge in [-0.15, -0.1) is 0 Å². The van der Waals surface area contributed by atoms with E-state index in [-0.39, 0.29) is 17.7 Å². The van der Waals surface area contributed by atoms with Gasteiger partial charge in [0.15, 0.2) is 0 Å². The molecule has 1 rings (SSSR count). The molecular formula is C12H17NO3. The van der Waals surface area contributed by atoms with E-state index in [0.29, 0.717) is 6.42 Å². The van der Waals surface area contributed by atoms with Crippen molar-refractivity contribution in [3.8, 4) is 0 Å². The number of hydrogen-bond acceptors (Lipinski definition) is 3. The number of aliphatic hydroxyl groups excluding tert-OH is 1. The number of rotatable bonds is 5. The SMILES string of the molecule is CC(O)CC(C)Nc1ccc(C(=O)O)cc1. The number of hydrogen-bond donors (Lipinski definition) is 3. The maximum Gasteiger partial charge on any atom is 0.335 e. The number of nitrogens with one attached hydrogen (secondary N) is 1. The molecule has 0 saturated carbocycles. The third-order valence-electron chi connectivity index (χ3n) is 2.24. The average molecular weight is 223 g/mol. The Kier molecular flexibility index (Phi) is 4.31. The molecule has 2 unspecified atom stereocenters. The predicted octanol–water partition coefficient (Wildman–Crippen LogP) is 1.96. The van der Waals surface area contributed by atoms with Crippen LogP contribution < -0.4 is 5.32 Å². The molecule has 4 nitrogen and oxygen atoms in total. The van der Waals surface area contributed by atoms with Gasteiger partial charge < -0.3 is 15.5 Å². The van der Waals surface area contributed by atoms with Crippen LogP contribution in [0.2, 0.25) is 0 Å². The first-order chi connectivity index (χ1) is 7.49. The minimum Gasteiger partial charge on any atom is -0.478 e. The molecule has 0 heterocycles. The van der Waals surface area contributed by atoms with Crippen LogP contribution in [-0.4, -0.2) is 28.3 Å². The average Bonchev–Trinajstić information content (AvgIpc) is 2.16. The molecule has 3 N–H and O–H groups in total. The molecule has 0 radical (unpaired) electrons. The number of carboxylic acids is 1. The molecule has 0 saturated heterocycles. The number of carbonyl (C=O) groups is 1. The van der Waals surface area contributed by atoms with Crippen LogP contribution in [0.3, 0.4) is 0 Å². The lowest BCUT2D eigenvalue weighted by Crippen LogP contribution is -2.20. The van der Waals surface area contributed by atoms with E-state index >= 15 is 0 Å². The Morgan fingerprint density at radius 3 is 2.31 bits per heavy atom. The van der Waals surface area contributed by atoms with Crippen LogP contribution in [0, 0.1) is 0 Å². The quantitative estimate of drug-likeness (QED) is 0.713. The van der Waals surface area contributed by atoms with Gasteiger partial charge in [0.1, 0.15) is 0 Å². The molecular weight excluding hydrogens is 206 g/mol. The van der Waals surface area contributed by atoms with Gasteiger partial charge in [0.05, 0.1) is 11.7 Å². The monoisotopic (exact) mass is 223 g/mol. The fourth-order valence-electron chi connectivity index (χ4n) is 1.56. The molecule has 4 heteroatoms. The lowest BCUT2D eigenvalue weighted by atomic mass is 10.1. The Morgan fingerprint density at radius 2 is 1.88 bits per heavy atom. The summed E-state index contributed by atoms with van der Waals surface area (Å²) >= 11 is 0. The smallest absolute Gasteiger partial charge is 0.335 e. The second-order valence-corrected chi connectivity index (χ2v) is 4.01. The highest BCUT2D eigenvalue weighted by Crippen LogP contribution is 2.12. The third-order valence-corrected chi connectivity index (χ3v) is 2.24. The van der Waals surface area contributed by atoms with Gasteiger partial charge in [-0.3, -0.25) is 0 Å². The third kappa shape index (κ3) is 3.90. The lowest BCUT2D eigenvalue weighted by molar-refractivity contribution is 0.0697. The molecule has 0 bridgehead atoms. The molecule has 0 aliphatic heterocycles. The maximum atomic E-state index is 10.6. The number of benzene rings is 1. The number of anilines is 1. The highest BCUT2D eigenvalue weighted by molar-refractivity contribution is 5.87. The van der Waals surface area contributed by atoms with Crippen LogP contribution >= 0.6 is 0 Å². The summed E-state index contributed by atoms with van der Waals surface area (Å²) in [6.45, 7) is 3.71. The van der Waals surface area contributed by atoms with Crippen molar-refractivity contribution in [3.05, 3.63) is 29.8 Å². The van der Waals surface area contributed by atoms with Crippen molar-refractivity contribution >= 4 is 11.7 Å². The molecule has 16 heavy (non-hydrogen) atoms. The van der Waals surface area contributed by atoms with Crippen molar-refractivity contribution in [3.63, 3.8) is 0 Å². The molecule has 2 atom stereocenters. The van der Waals surface area contributed by atoms with Crippen LogP contribution in [0.1, 0.15) is 30.6 Å². The number of carboxylic acid groups (broad SMARTS) is 1. The van der Waals surface area contributed by atoms with Gasteiger partial charge in [0.2, 0.25) is 0 Å². The van der Waals surface area contributed by atoms with Crippen molar-refractivity contribution in [1.29, 1.82) is 0 Å². The fraction of sp³-hybridized carbons (Fsp3) is 0.417. The van der Waals surface area contributed by atoms with E-state index in [1.807, 2.05) is 6.92 Å². The summed E-state index contributed by atoms with van der Waals surface area (Å²) in [5.41, 5.74) is 1.13. The minimum atomic E-state index is -0.927. The van der Waals surface area contributed by atoms with E-state index in [1.54, 1.807) is 31.2 Å². The van der Waals surface area contributed by atoms with E-state index in [0.717, 1.165) is 5.69 Å². The Morgan fingerprint density at radius 1 is 1.31 bits per heavy atom. The van der Waals surface area contributed by atoms with Crippen molar-refractivity contribution in [1.82, 2.24) is 0 Å². The van der Waals surface area contributed by atoms with Crippen molar-refractivity contribution in [2.24, 2.45) is 0 Å². The van der Waals surface area contributed by atoms with E-state index in [4.69, 9.17) is 5.11 Å². The van der Waals surface area contributed by atoms with Gasteiger partial charge in [0, 0.05) is 11.7 Å². The molecule has 88 valence electrons. The Labute approximate surface area is 94.9 Å². The van der Waals surface area contributed by atoms with Gasteiger partial charge in [-0.05, 0) is 44.5 Å². The molecule has 0 spiro atoms. The zero-order chi connectivity index (χ0) is 12.1. The van der Waals surface area contributed by atoms with Crippen molar-refractivity contribution in [2.75, 3.05) is 5.32 Å². The van der Waals surface area contributed by atoms with Gasteiger partial charge in [0.25, 0.3) is 0 Å². The van der Waals surface area contributed by atoms with Crippen LogP contribution in [0.15, 0.2) is 24.3 Å². The highest BCUT2D eigenvalue weighted by Gasteiger charge is 2.06. The van der Waals surface area contributed by atoms with Gasteiger partial charge in [-0.25, -0.2) is 4.79 Å². The summed E-state index contributed by atoms with van der Waals surface area (Å²) in [4.78, 5) is 10.6. The Bertz CT molecular complexity index is 346. The normalized spacial score (nSPS) is 14.2. The predicted molar refractivity (Wildman–Crippen MR) is 62.8 cm³/mol. The highest BCUT2D eigenvalue weighted by atomic mass is 16.4. The molecule has 0 aliphatic carbocycles. The second kappa shape index (κ2) is 5.51. The van der Waals surface area contributed by atoms with E-state index < -0.39 is 5.97 Å². The standard InChI is InChI=1S/C12H17NO3/c1-8(7-9(2)14)13-11-5-3-10(4-6-11)12(15)16/h3-6,8-9,13-14H,7H2,1-2H3,(H,15,16). The van der Waals surface area contributed by atoms with E-state index in [9.17, 15) is 9.90 Å². The van der Waals surface area contributed by atoms with Crippen molar-refractivity contribution in [2.45, 2.75) is 32.4 Å². The zero-order valence-corrected chi connectivity index (χ0v) is 9.47. The van der Waals surface area contributed by atoms with Gasteiger partial charge in [-0.2, -0.15) is 0 Å². The zero-order valence-electron chi connectivity index (χ0n) is 9.47. The first-order valence-electron chi connectivity index (χ1n) is 5.27. The Hall–Kier alpha value is -1.55. The summed E-state index contributed by atoms with van der Waals surface area (Å²) in [6.07, 6.45) is 0.307. The first kappa shape index (κ1) is 12.5. The van der Waals surface area contributed by atoms with Crippen molar-refractivity contribution < 1.29 is 15.0 Å². The molecule has 0 aromatic heterocycles. The van der Waals surface area contributed by atoms with Gasteiger partial charge >= 0.3 is 5.97 Å². The molecule has 0 amide bonds. The van der Waals surface area contributed by atoms with E-state index in [2.05, 4.69) is 5.32 Å². The maximum absolute atomic E-state index is 10.6. The lowest BCUT2D eigenvalue weighted by Gasteiger charge is -2.16. The minimum absolute atomic E-state index is 0.149. The van der Waals surface area contributed by atoms with Crippen LogP contribution in [-0.2, 0) is 0 Å². The topological polar surface area (TPSA) is 69.6 Å². The number of aliphatic hydroxyl groups is 1. The van der Waals surface area contributed by atoms with E-state index in [1.165, 1.54) is 0 Å². The summed E-state index contributed by atoms with van der Waals surface area (Å²) in [6, 6.07) is 6.71. The molecule has 1 aromatic rings. The summed E-state index contributed by atoms with van der Waals surface area (Å²) < 4.78 is 0. The first-order valence-corrected chi connectivity index (χ1v) is 5.27.